The average molecular weight is 541 g/mol. The van der Waals surface area contributed by atoms with E-state index < -0.39 is 40.1 Å². The number of hydrogen-bond acceptors (Lipinski definition) is 5. The summed E-state index contributed by atoms with van der Waals surface area (Å²) in [6.45, 7) is 3.92. The van der Waals surface area contributed by atoms with Crippen LogP contribution in [0, 0.1) is 12.7 Å². The number of aryl methyl sites for hydroxylation is 1. The third kappa shape index (κ3) is 5.56. The van der Waals surface area contributed by atoms with Crippen molar-refractivity contribution in [1.29, 1.82) is 0 Å². The highest BCUT2D eigenvalue weighted by molar-refractivity contribution is 7.89. The van der Waals surface area contributed by atoms with E-state index in [0.29, 0.717) is 23.3 Å². The standard InChI is InChI=1S/C28H29FN2O6S/c1-3-21-16-31(38(35,36)26-7-5-4-6-25(26)37-21)15-20-12-18(9-8-17(20)2)23(14-27(32)33)22-11-10-19(28(30)34)13-24(22)29/h4-13,21,23H,3,14-16H2,1-2H3,(H2,30,34)(H,32,33)/t21-,23?/m1/s1. The van der Waals surface area contributed by atoms with E-state index in [4.69, 9.17) is 10.5 Å². The lowest BCUT2D eigenvalue weighted by Crippen LogP contribution is -2.36. The van der Waals surface area contributed by atoms with Crippen LogP contribution in [0.4, 0.5) is 4.39 Å². The molecular weight excluding hydrogens is 511 g/mol. The maximum atomic E-state index is 15.0. The fourth-order valence-corrected chi connectivity index (χ4v) is 6.19. The maximum Gasteiger partial charge on any atom is 0.304 e. The van der Waals surface area contributed by atoms with Gasteiger partial charge in [-0.05, 0) is 59.9 Å². The number of halogens is 1. The Kier molecular flexibility index (Phi) is 7.84. The van der Waals surface area contributed by atoms with Crippen LogP contribution in [0.1, 0.15) is 58.3 Å². The van der Waals surface area contributed by atoms with Crippen molar-refractivity contribution in [3.63, 3.8) is 0 Å². The molecule has 200 valence electrons. The first kappa shape index (κ1) is 27.3. The molecule has 1 aliphatic heterocycles. The first-order valence-corrected chi connectivity index (χ1v) is 13.6. The van der Waals surface area contributed by atoms with Crippen molar-refractivity contribution in [3.8, 4) is 5.75 Å². The second kappa shape index (κ2) is 10.9. The number of carbonyl (C=O) groups is 2. The van der Waals surface area contributed by atoms with Gasteiger partial charge in [0.2, 0.25) is 15.9 Å². The quantitative estimate of drug-likeness (QED) is 0.441. The molecule has 1 amide bonds. The number of sulfonamides is 1. The first-order chi connectivity index (χ1) is 18.0. The molecule has 0 aliphatic carbocycles. The Labute approximate surface area is 220 Å². The Morgan fingerprint density at radius 1 is 1.16 bits per heavy atom. The van der Waals surface area contributed by atoms with Crippen LogP contribution >= 0.6 is 0 Å². The van der Waals surface area contributed by atoms with Crippen molar-refractivity contribution >= 4 is 21.9 Å². The number of carbonyl (C=O) groups excluding carboxylic acids is 1. The highest BCUT2D eigenvalue weighted by atomic mass is 32.2. The number of rotatable bonds is 8. The molecule has 0 radical (unpaired) electrons. The van der Waals surface area contributed by atoms with E-state index in [9.17, 15) is 23.1 Å². The van der Waals surface area contributed by atoms with Crippen LogP contribution < -0.4 is 10.5 Å². The van der Waals surface area contributed by atoms with Crippen LogP contribution in [0.3, 0.4) is 0 Å². The Balaban J connectivity index is 1.75. The van der Waals surface area contributed by atoms with E-state index in [2.05, 4.69) is 0 Å². The Morgan fingerprint density at radius 2 is 1.89 bits per heavy atom. The summed E-state index contributed by atoms with van der Waals surface area (Å²) in [5, 5.41) is 9.58. The minimum atomic E-state index is -3.89. The summed E-state index contributed by atoms with van der Waals surface area (Å²) >= 11 is 0. The van der Waals surface area contributed by atoms with Gasteiger partial charge in [0.05, 0.1) is 13.0 Å². The third-order valence-corrected chi connectivity index (χ3v) is 8.64. The Bertz CT molecular complexity index is 1490. The third-order valence-electron chi connectivity index (χ3n) is 6.78. The van der Waals surface area contributed by atoms with Gasteiger partial charge in [-0.25, -0.2) is 12.8 Å². The summed E-state index contributed by atoms with van der Waals surface area (Å²) < 4.78 is 49.6. The zero-order chi connectivity index (χ0) is 27.6. The molecule has 1 heterocycles. The molecule has 0 saturated carbocycles. The van der Waals surface area contributed by atoms with E-state index in [0.717, 1.165) is 11.6 Å². The molecule has 4 rings (SSSR count). The van der Waals surface area contributed by atoms with Crippen LogP contribution in [0.2, 0.25) is 0 Å². The number of carboxylic acids is 1. The smallest absolute Gasteiger partial charge is 0.304 e. The number of primary amides is 1. The number of para-hydroxylation sites is 1. The van der Waals surface area contributed by atoms with Crippen molar-refractivity contribution in [2.45, 2.75) is 50.2 Å². The minimum Gasteiger partial charge on any atom is -0.488 e. The first-order valence-electron chi connectivity index (χ1n) is 12.2. The molecule has 1 unspecified atom stereocenters. The predicted octanol–water partition coefficient (Wildman–Crippen LogP) is 4.20. The number of fused-ring (bicyclic) bond motifs is 1. The van der Waals surface area contributed by atoms with Crippen LogP contribution in [0.25, 0.3) is 0 Å². The lowest BCUT2D eigenvalue weighted by Gasteiger charge is -2.24. The van der Waals surface area contributed by atoms with Gasteiger partial charge in [-0.1, -0.05) is 43.3 Å². The SMILES string of the molecule is CC[C@@H]1CN(Cc2cc(C(CC(=O)O)c3ccc(C(N)=O)cc3F)ccc2C)S(=O)(=O)c2ccccc2O1. The van der Waals surface area contributed by atoms with E-state index in [1.807, 2.05) is 13.8 Å². The van der Waals surface area contributed by atoms with E-state index >= 15 is 4.39 Å². The van der Waals surface area contributed by atoms with Crippen molar-refractivity contribution in [1.82, 2.24) is 4.31 Å². The molecule has 3 aromatic rings. The van der Waals surface area contributed by atoms with Crippen molar-refractivity contribution in [2.75, 3.05) is 6.54 Å². The fourth-order valence-electron chi connectivity index (χ4n) is 4.62. The lowest BCUT2D eigenvalue weighted by molar-refractivity contribution is -0.137. The molecule has 3 N–H and O–H groups in total. The summed E-state index contributed by atoms with van der Waals surface area (Å²) in [5.41, 5.74) is 7.29. The normalized spacial score (nSPS) is 17.6. The average Bonchev–Trinajstić information content (AvgIpc) is 2.97. The summed E-state index contributed by atoms with van der Waals surface area (Å²) in [6.07, 6.45) is -0.161. The molecule has 0 spiro atoms. The summed E-state index contributed by atoms with van der Waals surface area (Å²) in [4.78, 5) is 23.3. The highest BCUT2D eigenvalue weighted by Gasteiger charge is 2.34. The molecule has 0 fully saturated rings. The zero-order valence-electron chi connectivity index (χ0n) is 21.1. The monoisotopic (exact) mass is 540 g/mol. The van der Waals surface area contributed by atoms with Gasteiger partial charge in [-0.3, -0.25) is 9.59 Å². The van der Waals surface area contributed by atoms with E-state index in [1.165, 1.54) is 22.5 Å². The number of ether oxygens (including phenoxy) is 1. The van der Waals surface area contributed by atoms with Gasteiger partial charge in [0.15, 0.2) is 0 Å². The van der Waals surface area contributed by atoms with Gasteiger partial charge in [0, 0.05) is 18.0 Å². The Hall–Kier alpha value is -3.76. The van der Waals surface area contributed by atoms with Crippen LogP contribution in [0.15, 0.2) is 65.6 Å². The van der Waals surface area contributed by atoms with Crippen LogP contribution in [0.5, 0.6) is 5.75 Å². The van der Waals surface area contributed by atoms with Gasteiger partial charge in [0.25, 0.3) is 0 Å². The molecule has 0 saturated heterocycles. The molecule has 10 heteroatoms. The number of nitrogens with two attached hydrogens (primary N) is 1. The van der Waals surface area contributed by atoms with Crippen molar-refractivity contribution in [3.05, 3.63) is 94.3 Å². The van der Waals surface area contributed by atoms with Crippen LogP contribution in [-0.2, 0) is 21.4 Å². The number of amides is 1. The highest BCUT2D eigenvalue weighted by Crippen LogP contribution is 2.35. The summed E-state index contributed by atoms with van der Waals surface area (Å²) in [5.74, 6) is -3.24. The molecule has 38 heavy (non-hydrogen) atoms. The zero-order valence-corrected chi connectivity index (χ0v) is 21.9. The van der Waals surface area contributed by atoms with Gasteiger partial charge < -0.3 is 15.6 Å². The molecular formula is C28H29FN2O6S. The summed E-state index contributed by atoms with van der Waals surface area (Å²) in [7, 11) is -3.89. The van der Waals surface area contributed by atoms with Crippen LogP contribution in [-0.4, -0.2) is 42.4 Å². The lowest BCUT2D eigenvalue weighted by atomic mass is 9.86. The number of benzene rings is 3. The van der Waals surface area contributed by atoms with Gasteiger partial charge >= 0.3 is 5.97 Å². The predicted molar refractivity (Wildman–Crippen MR) is 139 cm³/mol. The van der Waals surface area contributed by atoms with Gasteiger partial charge in [-0.2, -0.15) is 4.31 Å². The topological polar surface area (TPSA) is 127 Å². The van der Waals surface area contributed by atoms with E-state index in [-0.39, 0.29) is 35.2 Å². The molecule has 0 aromatic heterocycles. The minimum absolute atomic E-state index is 0.0238. The van der Waals surface area contributed by atoms with E-state index in [1.54, 1.807) is 36.4 Å². The summed E-state index contributed by atoms with van der Waals surface area (Å²) in [6, 6.07) is 15.4. The second-order valence-corrected chi connectivity index (χ2v) is 11.2. The maximum absolute atomic E-state index is 15.0. The fraction of sp³-hybridized carbons (Fsp3) is 0.286. The number of nitrogens with zero attached hydrogens (tertiary/aromatic N) is 1. The van der Waals surface area contributed by atoms with Gasteiger partial charge in [-0.15, -0.1) is 0 Å². The molecule has 1 aliphatic rings. The largest absolute Gasteiger partial charge is 0.488 e. The molecule has 3 aromatic carbocycles. The Morgan fingerprint density at radius 3 is 2.55 bits per heavy atom. The van der Waals surface area contributed by atoms with Crippen molar-refractivity contribution in [2.24, 2.45) is 5.73 Å². The number of hydrogen-bond donors (Lipinski definition) is 2. The number of carboxylic acid groups (broad SMARTS) is 1. The number of aliphatic carboxylic acids is 1. The molecule has 0 bridgehead atoms. The molecule has 2 atom stereocenters. The molecule has 8 nitrogen and oxygen atoms in total. The second-order valence-electron chi connectivity index (χ2n) is 9.33. The van der Waals surface area contributed by atoms with Crippen molar-refractivity contribution < 1.29 is 32.2 Å². The van der Waals surface area contributed by atoms with Gasteiger partial charge in [0.1, 0.15) is 22.6 Å².